The van der Waals surface area contributed by atoms with Crippen LogP contribution in [0.4, 0.5) is 4.79 Å². The molecular weight excluding hydrogens is 272 g/mol. The number of nitrogens with zero attached hydrogens (tertiary/aromatic N) is 1. The highest BCUT2D eigenvalue weighted by Gasteiger charge is 2.36. The molecule has 2 saturated heterocycles. The topological polar surface area (TPSA) is 78.9 Å². The standard InChI is InChI=1S/C15H26N2O4/c1-3-11-4-6-17(13(8-11)14(18)19)15(20)16-9-12-5-7-21-10(12)2/h10-13H,3-9H2,1-2H3,(H,16,20)(H,18,19). The molecule has 0 radical (unpaired) electrons. The summed E-state index contributed by atoms with van der Waals surface area (Å²) in [7, 11) is 0. The van der Waals surface area contributed by atoms with Gasteiger partial charge in [-0.1, -0.05) is 13.3 Å². The smallest absolute Gasteiger partial charge is 0.326 e. The average molecular weight is 298 g/mol. The van der Waals surface area contributed by atoms with E-state index in [-0.39, 0.29) is 12.1 Å². The van der Waals surface area contributed by atoms with Crippen LogP contribution in [0, 0.1) is 11.8 Å². The maximum atomic E-state index is 12.3. The van der Waals surface area contributed by atoms with E-state index in [4.69, 9.17) is 4.74 Å². The number of carboxylic acid groups (broad SMARTS) is 1. The fourth-order valence-electron chi connectivity index (χ4n) is 3.25. The van der Waals surface area contributed by atoms with Crippen molar-refractivity contribution in [2.45, 2.75) is 51.7 Å². The van der Waals surface area contributed by atoms with Crippen LogP contribution in [0.25, 0.3) is 0 Å². The summed E-state index contributed by atoms with van der Waals surface area (Å²) in [4.78, 5) is 25.2. The van der Waals surface area contributed by atoms with Gasteiger partial charge in [0, 0.05) is 25.6 Å². The number of carbonyl (C=O) groups is 2. The van der Waals surface area contributed by atoms with Crippen molar-refractivity contribution >= 4 is 12.0 Å². The Labute approximate surface area is 125 Å². The van der Waals surface area contributed by atoms with Gasteiger partial charge in [-0.15, -0.1) is 0 Å². The van der Waals surface area contributed by atoms with E-state index in [1.807, 2.05) is 6.92 Å². The molecule has 0 saturated carbocycles. The van der Waals surface area contributed by atoms with Crippen molar-refractivity contribution in [1.29, 1.82) is 0 Å². The summed E-state index contributed by atoms with van der Waals surface area (Å²) in [5, 5.41) is 12.2. The molecule has 120 valence electrons. The van der Waals surface area contributed by atoms with E-state index >= 15 is 0 Å². The normalized spacial score (nSPS) is 33.0. The fourth-order valence-corrected chi connectivity index (χ4v) is 3.25. The molecule has 0 spiro atoms. The SMILES string of the molecule is CCC1CCN(C(=O)NCC2CCOC2C)C(C(=O)O)C1. The van der Waals surface area contributed by atoms with Crippen LogP contribution in [0.1, 0.15) is 39.5 Å². The number of hydrogen-bond acceptors (Lipinski definition) is 3. The summed E-state index contributed by atoms with van der Waals surface area (Å²) in [6.45, 7) is 5.90. The second-order valence-corrected chi connectivity index (χ2v) is 6.16. The Morgan fingerprint density at radius 1 is 1.38 bits per heavy atom. The summed E-state index contributed by atoms with van der Waals surface area (Å²) in [6, 6.07) is -0.947. The van der Waals surface area contributed by atoms with E-state index in [0.717, 1.165) is 25.9 Å². The third-order valence-corrected chi connectivity index (χ3v) is 4.88. The maximum absolute atomic E-state index is 12.3. The van der Waals surface area contributed by atoms with Gasteiger partial charge in [-0.25, -0.2) is 9.59 Å². The number of nitrogens with one attached hydrogen (secondary N) is 1. The largest absolute Gasteiger partial charge is 0.480 e. The van der Waals surface area contributed by atoms with E-state index in [1.165, 1.54) is 4.90 Å². The van der Waals surface area contributed by atoms with Crippen LogP contribution >= 0.6 is 0 Å². The lowest BCUT2D eigenvalue weighted by Gasteiger charge is -2.37. The average Bonchev–Trinajstić information content (AvgIpc) is 2.89. The number of amides is 2. The summed E-state index contributed by atoms with van der Waals surface area (Å²) in [6.07, 6.45) is 3.52. The number of aliphatic carboxylic acids is 1. The van der Waals surface area contributed by atoms with Crippen molar-refractivity contribution < 1.29 is 19.4 Å². The number of urea groups is 1. The van der Waals surface area contributed by atoms with Crippen LogP contribution in [0.15, 0.2) is 0 Å². The number of rotatable bonds is 4. The molecule has 2 aliphatic heterocycles. The van der Waals surface area contributed by atoms with Gasteiger partial charge in [0.25, 0.3) is 0 Å². The molecule has 0 aromatic rings. The lowest BCUT2D eigenvalue weighted by molar-refractivity contribution is -0.144. The minimum Gasteiger partial charge on any atom is -0.480 e. The first-order chi connectivity index (χ1) is 10.0. The number of ether oxygens (including phenoxy) is 1. The van der Waals surface area contributed by atoms with Crippen molar-refractivity contribution in [3.8, 4) is 0 Å². The first-order valence-corrected chi connectivity index (χ1v) is 7.91. The Morgan fingerprint density at radius 3 is 2.71 bits per heavy atom. The molecule has 0 aliphatic carbocycles. The predicted octanol–water partition coefficient (Wildman–Crippen LogP) is 1.70. The monoisotopic (exact) mass is 298 g/mol. The highest BCUT2D eigenvalue weighted by atomic mass is 16.5. The number of likely N-dealkylation sites (tertiary alicyclic amines) is 1. The third kappa shape index (κ3) is 3.87. The molecule has 2 N–H and O–H groups in total. The van der Waals surface area contributed by atoms with Gasteiger partial charge in [0.1, 0.15) is 6.04 Å². The molecule has 21 heavy (non-hydrogen) atoms. The van der Waals surface area contributed by atoms with Crippen molar-refractivity contribution in [2.75, 3.05) is 19.7 Å². The second kappa shape index (κ2) is 7.11. The Kier molecular flexibility index (Phi) is 5.45. The van der Waals surface area contributed by atoms with E-state index in [2.05, 4.69) is 12.2 Å². The van der Waals surface area contributed by atoms with Gasteiger partial charge in [0.15, 0.2) is 0 Å². The lowest BCUT2D eigenvalue weighted by atomic mass is 9.89. The van der Waals surface area contributed by atoms with Gasteiger partial charge in [-0.05, 0) is 32.1 Å². The maximum Gasteiger partial charge on any atom is 0.326 e. The minimum absolute atomic E-state index is 0.159. The van der Waals surface area contributed by atoms with Crippen molar-refractivity contribution in [2.24, 2.45) is 11.8 Å². The first kappa shape index (κ1) is 16.1. The molecule has 2 aliphatic rings. The molecule has 2 fully saturated rings. The molecule has 2 rings (SSSR count). The minimum atomic E-state index is -0.902. The van der Waals surface area contributed by atoms with Gasteiger partial charge in [0.05, 0.1) is 6.10 Å². The Hall–Kier alpha value is -1.30. The van der Waals surface area contributed by atoms with Crippen LogP contribution < -0.4 is 5.32 Å². The summed E-state index contributed by atoms with van der Waals surface area (Å²) >= 11 is 0. The van der Waals surface area contributed by atoms with Gasteiger partial charge in [-0.2, -0.15) is 0 Å². The summed E-state index contributed by atoms with van der Waals surface area (Å²) in [5.74, 6) is -0.176. The van der Waals surface area contributed by atoms with Gasteiger partial charge in [-0.3, -0.25) is 0 Å². The molecule has 6 heteroatoms. The zero-order valence-electron chi connectivity index (χ0n) is 12.9. The van der Waals surface area contributed by atoms with E-state index < -0.39 is 12.0 Å². The van der Waals surface area contributed by atoms with Crippen LogP contribution in [0.2, 0.25) is 0 Å². The van der Waals surface area contributed by atoms with Gasteiger partial charge >= 0.3 is 12.0 Å². The molecule has 4 unspecified atom stereocenters. The van der Waals surface area contributed by atoms with E-state index in [0.29, 0.717) is 31.3 Å². The number of carbonyl (C=O) groups excluding carboxylic acids is 1. The zero-order valence-corrected chi connectivity index (χ0v) is 12.9. The van der Waals surface area contributed by atoms with E-state index in [9.17, 15) is 14.7 Å². The van der Waals surface area contributed by atoms with Crippen LogP contribution in [0.5, 0.6) is 0 Å². The van der Waals surface area contributed by atoms with Crippen LogP contribution in [0.3, 0.4) is 0 Å². The van der Waals surface area contributed by atoms with Gasteiger partial charge in [0.2, 0.25) is 0 Å². The molecule has 0 aromatic carbocycles. The molecule has 0 aromatic heterocycles. The molecule has 4 atom stereocenters. The highest BCUT2D eigenvalue weighted by molar-refractivity contribution is 5.82. The molecule has 0 bridgehead atoms. The number of piperidine rings is 1. The van der Waals surface area contributed by atoms with Crippen LogP contribution in [-0.2, 0) is 9.53 Å². The first-order valence-electron chi connectivity index (χ1n) is 7.91. The van der Waals surface area contributed by atoms with Crippen LogP contribution in [-0.4, -0.2) is 53.8 Å². The molecule has 2 heterocycles. The second-order valence-electron chi connectivity index (χ2n) is 6.16. The Bertz CT molecular complexity index is 388. The molecular formula is C15H26N2O4. The van der Waals surface area contributed by atoms with Crippen molar-refractivity contribution in [3.05, 3.63) is 0 Å². The predicted molar refractivity (Wildman–Crippen MR) is 78.1 cm³/mol. The third-order valence-electron chi connectivity index (χ3n) is 4.88. The highest BCUT2D eigenvalue weighted by Crippen LogP contribution is 2.26. The lowest BCUT2D eigenvalue weighted by Crippen LogP contribution is -2.54. The molecule has 2 amide bonds. The van der Waals surface area contributed by atoms with Gasteiger partial charge < -0.3 is 20.1 Å². The Balaban J connectivity index is 1.89. The number of carboxylic acids is 1. The van der Waals surface area contributed by atoms with E-state index in [1.54, 1.807) is 0 Å². The quantitative estimate of drug-likeness (QED) is 0.828. The fraction of sp³-hybridized carbons (Fsp3) is 0.867. The zero-order chi connectivity index (χ0) is 15.4. The van der Waals surface area contributed by atoms with Crippen molar-refractivity contribution in [1.82, 2.24) is 10.2 Å². The summed E-state index contributed by atoms with van der Waals surface area (Å²) < 4.78 is 5.47. The summed E-state index contributed by atoms with van der Waals surface area (Å²) in [5.41, 5.74) is 0. The van der Waals surface area contributed by atoms with Crippen molar-refractivity contribution in [3.63, 3.8) is 0 Å². The number of hydrogen-bond donors (Lipinski definition) is 2. The molecule has 6 nitrogen and oxygen atoms in total. The Morgan fingerprint density at radius 2 is 2.14 bits per heavy atom.